The third-order valence-electron chi connectivity index (χ3n) is 5.64. The molecule has 0 N–H and O–H groups in total. The zero-order valence-electron chi connectivity index (χ0n) is 17.1. The lowest BCUT2D eigenvalue weighted by Gasteiger charge is -2.36. The van der Waals surface area contributed by atoms with Crippen molar-refractivity contribution in [2.24, 2.45) is 0 Å². The van der Waals surface area contributed by atoms with E-state index in [1.807, 2.05) is 4.90 Å². The summed E-state index contributed by atoms with van der Waals surface area (Å²) < 4.78 is 19.2. The number of rotatable bonds is 5. The Morgan fingerprint density at radius 3 is 2.26 bits per heavy atom. The summed E-state index contributed by atoms with van der Waals surface area (Å²) in [5, 5.41) is 0. The molecule has 162 valence electrons. The van der Waals surface area contributed by atoms with Crippen LogP contribution in [0.25, 0.3) is 0 Å². The molecule has 0 radical (unpaired) electrons. The molecule has 7 nitrogen and oxygen atoms in total. The van der Waals surface area contributed by atoms with Gasteiger partial charge in [-0.25, -0.2) is 9.18 Å². The first kappa shape index (κ1) is 20.8. The van der Waals surface area contributed by atoms with Crippen molar-refractivity contribution in [3.63, 3.8) is 0 Å². The van der Waals surface area contributed by atoms with Gasteiger partial charge in [0.25, 0.3) is 5.91 Å². The van der Waals surface area contributed by atoms with E-state index in [1.165, 1.54) is 6.07 Å². The maximum absolute atomic E-state index is 14.0. The highest BCUT2D eigenvalue weighted by molar-refractivity contribution is 6.03. The Morgan fingerprint density at radius 1 is 0.903 bits per heavy atom. The second-order valence-corrected chi connectivity index (χ2v) is 7.56. The van der Waals surface area contributed by atoms with Gasteiger partial charge in [0, 0.05) is 39.1 Å². The summed E-state index contributed by atoms with van der Waals surface area (Å²) in [4.78, 5) is 42.3. The van der Waals surface area contributed by atoms with Gasteiger partial charge in [-0.05, 0) is 30.7 Å². The third kappa shape index (κ3) is 4.52. The minimum absolute atomic E-state index is 0.0240. The lowest BCUT2D eigenvalue weighted by atomic mass is 10.1. The summed E-state index contributed by atoms with van der Waals surface area (Å²) in [6.07, 6.45) is 1.21. The number of carbonyl (C=O) groups is 3. The number of hydrogen-bond donors (Lipinski definition) is 0. The molecule has 0 unspecified atom stereocenters. The average Bonchev–Trinajstić information content (AvgIpc) is 3.23. The van der Waals surface area contributed by atoms with Gasteiger partial charge in [-0.1, -0.05) is 24.3 Å². The van der Waals surface area contributed by atoms with Gasteiger partial charge in [0.2, 0.25) is 5.91 Å². The van der Waals surface area contributed by atoms with E-state index in [0.29, 0.717) is 50.5 Å². The minimum atomic E-state index is -0.631. The topological polar surface area (TPSA) is 70.2 Å². The number of nitrogens with zero attached hydrogens (tertiary/aromatic N) is 3. The van der Waals surface area contributed by atoms with Crippen LogP contribution in [0.15, 0.2) is 48.5 Å². The maximum Gasteiger partial charge on any atom is 0.340 e. The van der Waals surface area contributed by atoms with Gasteiger partial charge in [-0.15, -0.1) is 0 Å². The second-order valence-electron chi connectivity index (χ2n) is 7.56. The number of para-hydroxylation sites is 2. The van der Waals surface area contributed by atoms with Crippen LogP contribution in [0.5, 0.6) is 0 Å². The predicted molar refractivity (Wildman–Crippen MR) is 114 cm³/mol. The Bertz CT molecular complexity index is 988. The normalized spacial score (nSPS) is 16.5. The van der Waals surface area contributed by atoms with Gasteiger partial charge >= 0.3 is 5.97 Å². The molecule has 0 saturated carbocycles. The number of benzene rings is 2. The molecule has 2 aliphatic heterocycles. The number of anilines is 2. The van der Waals surface area contributed by atoms with Crippen LogP contribution in [-0.4, -0.2) is 62.0 Å². The van der Waals surface area contributed by atoms with Crippen LogP contribution in [0.3, 0.4) is 0 Å². The fraction of sp³-hybridized carbons (Fsp3) is 0.348. The fourth-order valence-corrected chi connectivity index (χ4v) is 3.99. The number of carbonyl (C=O) groups excluding carboxylic acids is 3. The summed E-state index contributed by atoms with van der Waals surface area (Å²) >= 11 is 0. The highest BCUT2D eigenvalue weighted by Gasteiger charge is 2.27. The van der Waals surface area contributed by atoms with Crippen molar-refractivity contribution in [2.45, 2.75) is 12.8 Å². The number of hydrogen-bond acceptors (Lipinski definition) is 5. The van der Waals surface area contributed by atoms with Crippen molar-refractivity contribution in [2.75, 3.05) is 49.1 Å². The summed E-state index contributed by atoms with van der Waals surface area (Å²) in [5.41, 5.74) is 1.31. The molecule has 0 bridgehead atoms. The largest absolute Gasteiger partial charge is 0.452 e. The fourth-order valence-electron chi connectivity index (χ4n) is 3.99. The van der Waals surface area contributed by atoms with Crippen molar-refractivity contribution in [3.05, 3.63) is 59.9 Å². The lowest BCUT2D eigenvalue weighted by molar-refractivity contribution is -0.134. The molecule has 2 fully saturated rings. The molecule has 2 aromatic rings. The highest BCUT2D eigenvalue weighted by atomic mass is 19.1. The van der Waals surface area contributed by atoms with Crippen LogP contribution in [0.4, 0.5) is 15.8 Å². The highest BCUT2D eigenvalue weighted by Crippen LogP contribution is 2.26. The molecule has 2 amide bonds. The predicted octanol–water partition coefficient (Wildman–Crippen LogP) is 2.46. The molecule has 2 heterocycles. The van der Waals surface area contributed by atoms with Gasteiger partial charge < -0.3 is 19.4 Å². The zero-order valence-corrected chi connectivity index (χ0v) is 17.1. The van der Waals surface area contributed by atoms with Crippen LogP contribution in [0.2, 0.25) is 0 Å². The van der Waals surface area contributed by atoms with E-state index in [0.717, 1.165) is 6.42 Å². The third-order valence-corrected chi connectivity index (χ3v) is 5.64. The molecule has 0 atom stereocenters. The molecular weight excluding hydrogens is 401 g/mol. The maximum atomic E-state index is 14.0. The van der Waals surface area contributed by atoms with E-state index in [9.17, 15) is 18.8 Å². The van der Waals surface area contributed by atoms with E-state index < -0.39 is 5.97 Å². The van der Waals surface area contributed by atoms with Crippen LogP contribution >= 0.6 is 0 Å². The quantitative estimate of drug-likeness (QED) is 0.689. The molecule has 0 spiro atoms. The standard InChI is InChI=1S/C23H24FN3O4/c24-18-7-2-4-9-20(18)25-12-14-26(15-13-25)22(29)16-31-23(30)17-6-1-3-8-19(17)27-11-5-10-21(27)28/h1-4,6-9H,5,10-16H2. The molecule has 0 aromatic heterocycles. The average molecular weight is 425 g/mol. The number of esters is 1. The van der Waals surface area contributed by atoms with Crippen molar-refractivity contribution >= 4 is 29.2 Å². The number of halogens is 1. The van der Waals surface area contributed by atoms with E-state index in [2.05, 4.69) is 0 Å². The number of piperazine rings is 1. The minimum Gasteiger partial charge on any atom is -0.452 e. The SMILES string of the molecule is O=C(OCC(=O)N1CCN(c2ccccc2F)CC1)c1ccccc1N1CCCC1=O. The Kier molecular flexibility index (Phi) is 6.16. The molecular formula is C23H24FN3O4. The summed E-state index contributed by atoms with van der Waals surface area (Å²) in [7, 11) is 0. The number of amides is 2. The van der Waals surface area contributed by atoms with Crippen LogP contribution in [0.1, 0.15) is 23.2 Å². The van der Waals surface area contributed by atoms with Gasteiger partial charge in [-0.2, -0.15) is 0 Å². The van der Waals surface area contributed by atoms with Gasteiger partial charge in [0.05, 0.1) is 16.9 Å². The summed E-state index contributed by atoms with van der Waals surface area (Å²) in [6, 6.07) is 13.3. The van der Waals surface area contributed by atoms with Crippen molar-refractivity contribution in [1.82, 2.24) is 4.90 Å². The first-order chi connectivity index (χ1) is 15.0. The van der Waals surface area contributed by atoms with Crippen molar-refractivity contribution in [1.29, 1.82) is 0 Å². The zero-order chi connectivity index (χ0) is 21.8. The van der Waals surface area contributed by atoms with Crippen molar-refractivity contribution in [3.8, 4) is 0 Å². The molecule has 4 rings (SSSR count). The Morgan fingerprint density at radius 2 is 1.58 bits per heavy atom. The van der Waals surface area contributed by atoms with E-state index >= 15 is 0 Å². The number of ether oxygens (including phenoxy) is 1. The van der Waals surface area contributed by atoms with Crippen LogP contribution in [-0.2, 0) is 14.3 Å². The summed E-state index contributed by atoms with van der Waals surface area (Å²) in [5.74, 6) is -1.24. The van der Waals surface area contributed by atoms with Gasteiger partial charge in [0.15, 0.2) is 6.61 Å². The van der Waals surface area contributed by atoms with E-state index in [1.54, 1.807) is 52.3 Å². The van der Waals surface area contributed by atoms with Crippen LogP contribution < -0.4 is 9.80 Å². The Balaban J connectivity index is 1.32. The smallest absolute Gasteiger partial charge is 0.340 e. The molecule has 2 aliphatic rings. The van der Waals surface area contributed by atoms with Gasteiger partial charge in [0.1, 0.15) is 5.82 Å². The van der Waals surface area contributed by atoms with E-state index in [4.69, 9.17) is 4.74 Å². The molecule has 2 aromatic carbocycles. The lowest BCUT2D eigenvalue weighted by Crippen LogP contribution is -2.50. The first-order valence-corrected chi connectivity index (χ1v) is 10.4. The van der Waals surface area contributed by atoms with Gasteiger partial charge in [-0.3, -0.25) is 9.59 Å². The van der Waals surface area contributed by atoms with Crippen molar-refractivity contribution < 1.29 is 23.5 Å². The Hall–Kier alpha value is -3.42. The molecule has 31 heavy (non-hydrogen) atoms. The van der Waals surface area contributed by atoms with Crippen LogP contribution in [0, 0.1) is 5.82 Å². The molecule has 8 heteroatoms. The molecule has 2 saturated heterocycles. The molecule has 0 aliphatic carbocycles. The monoisotopic (exact) mass is 425 g/mol. The second kappa shape index (κ2) is 9.16. The van der Waals surface area contributed by atoms with E-state index in [-0.39, 0.29) is 29.8 Å². The summed E-state index contributed by atoms with van der Waals surface area (Å²) in [6.45, 7) is 2.03. The first-order valence-electron chi connectivity index (χ1n) is 10.4. The Labute approximate surface area is 180 Å².